The fraction of sp³-hybridized carbons (Fsp3) is 0.0500. The zero-order valence-corrected chi connectivity index (χ0v) is 15.2. The standard InChI is InChI=1S/C20H16FNO4S/c1-26-18-12-10-17(11-13-18)22(20(23)15-6-3-2-4-7-15)27(24,25)19-9-5-8-16(21)14-19/h2-14H,1H3. The number of anilines is 1. The summed E-state index contributed by atoms with van der Waals surface area (Å²) in [7, 11) is -2.86. The molecule has 3 rings (SSSR count). The third-order valence-corrected chi connectivity index (χ3v) is 5.55. The third kappa shape index (κ3) is 3.83. The Bertz CT molecular complexity index is 1050. The summed E-state index contributed by atoms with van der Waals surface area (Å²) in [5, 5.41) is 0. The molecule has 3 aromatic rings. The number of amides is 1. The van der Waals surface area contributed by atoms with Crippen LogP contribution in [0, 0.1) is 5.82 Å². The second-order valence-corrected chi connectivity index (χ2v) is 7.38. The lowest BCUT2D eigenvalue weighted by Gasteiger charge is -2.23. The van der Waals surface area contributed by atoms with Crippen molar-refractivity contribution in [3.05, 3.63) is 90.2 Å². The predicted octanol–water partition coefficient (Wildman–Crippen LogP) is 3.87. The minimum atomic E-state index is -4.34. The Kier molecular flexibility index (Phi) is 5.23. The van der Waals surface area contributed by atoms with Crippen molar-refractivity contribution in [3.8, 4) is 5.75 Å². The smallest absolute Gasteiger partial charge is 0.272 e. The largest absolute Gasteiger partial charge is 0.497 e. The summed E-state index contributed by atoms with van der Waals surface area (Å²) in [4.78, 5) is 12.7. The van der Waals surface area contributed by atoms with Crippen molar-refractivity contribution >= 4 is 21.6 Å². The first-order chi connectivity index (χ1) is 12.9. The summed E-state index contributed by atoms with van der Waals surface area (Å²) in [6, 6.07) is 18.5. The first kappa shape index (κ1) is 18.6. The Morgan fingerprint density at radius 2 is 1.59 bits per heavy atom. The maximum atomic E-state index is 13.6. The number of hydrogen-bond acceptors (Lipinski definition) is 4. The topological polar surface area (TPSA) is 63.7 Å². The van der Waals surface area contributed by atoms with Gasteiger partial charge in [0, 0.05) is 5.56 Å². The normalized spacial score (nSPS) is 11.0. The van der Waals surface area contributed by atoms with Crippen LogP contribution in [-0.2, 0) is 10.0 Å². The van der Waals surface area contributed by atoms with Crippen molar-refractivity contribution in [3.63, 3.8) is 0 Å². The molecule has 0 N–H and O–H groups in total. The zero-order valence-electron chi connectivity index (χ0n) is 14.4. The molecule has 0 aliphatic heterocycles. The number of halogens is 1. The highest BCUT2D eigenvalue weighted by Gasteiger charge is 2.32. The van der Waals surface area contributed by atoms with Crippen LogP contribution in [0.15, 0.2) is 83.8 Å². The van der Waals surface area contributed by atoms with Gasteiger partial charge in [0.25, 0.3) is 15.9 Å². The monoisotopic (exact) mass is 385 g/mol. The predicted molar refractivity (Wildman–Crippen MR) is 99.8 cm³/mol. The molecule has 27 heavy (non-hydrogen) atoms. The van der Waals surface area contributed by atoms with Crippen LogP contribution >= 0.6 is 0 Å². The van der Waals surface area contributed by atoms with Crippen molar-refractivity contribution < 1.29 is 22.3 Å². The lowest BCUT2D eigenvalue weighted by Crippen LogP contribution is -2.37. The fourth-order valence-corrected chi connectivity index (χ4v) is 3.96. The lowest BCUT2D eigenvalue weighted by molar-refractivity contribution is 0.101. The number of hydrogen-bond donors (Lipinski definition) is 0. The second kappa shape index (κ2) is 7.59. The van der Waals surface area contributed by atoms with E-state index in [1.54, 1.807) is 30.3 Å². The molecular formula is C20H16FNO4S. The molecule has 0 saturated heterocycles. The molecular weight excluding hydrogens is 369 g/mol. The molecule has 0 unspecified atom stereocenters. The van der Waals surface area contributed by atoms with E-state index in [4.69, 9.17) is 4.74 Å². The number of ether oxygens (including phenoxy) is 1. The molecule has 0 heterocycles. The first-order valence-electron chi connectivity index (χ1n) is 7.98. The number of sulfonamides is 1. The van der Waals surface area contributed by atoms with Crippen molar-refractivity contribution in [2.24, 2.45) is 0 Å². The molecule has 0 atom stereocenters. The molecule has 1 amide bonds. The number of carbonyl (C=O) groups excluding carboxylic acids is 1. The molecule has 0 spiro atoms. The van der Waals surface area contributed by atoms with E-state index in [9.17, 15) is 17.6 Å². The summed E-state index contributed by atoms with van der Waals surface area (Å²) >= 11 is 0. The minimum Gasteiger partial charge on any atom is -0.497 e. The van der Waals surface area contributed by atoms with Gasteiger partial charge in [0.1, 0.15) is 11.6 Å². The molecule has 3 aromatic carbocycles. The van der Waals surface area contributed by atoms with Crippen LogP contribution in [0.5, 0.6) is 5.75 Å². The van der Waals surface area contributed by atoms with Crippen LogP contribution in [0.3, 0.4) is 0 Å². The van der Waals surface area contributed by atoms with E-state index >= 15 is 0 Å². The van der Waals surface area contributed by atoms with E-state index < -0.39 is 21.7 Å². The van der Waals surface area contributed by atoms with Crippen LogP contribution in [0.2, 0.25) is 0 Å². The van der Waals surface area contributed by atoms with E-state index in [0.29, 0.717) is 10.1 Å². The van der Waals surface area contributed by atoms with E-state index in [1.165, 1.54) is 43.5 Å². The van der Waals surface area contributed by atoms with Gasteiger partial charge in [0.2, 0.25) is 0 Å². The van der Waals surface area contributed by atoms with Crippen LogP contribution in [-0.4, -0.2) is 21.4 Å². The van der Waals surface area contributed by atoms with E-state index in [0.717, 1.165) is 12.1 Å². The summed E-state index contributed by atoms with van der Waals surface area (Å²) in [6.45, 7) is 0. The van der Waals surface area contributed by atoms with Crippen molar-refractivity contribution in [2.45, 2.75) is 4.90 Å². The van der Waals surface area contributed by atoms with Gasteiger partial charge in [-0.15, -0.1) is 0 Å². The van der Waals surface area contributed by atoms with Crippen LogP contribution < -0.4 is 9.04 Å². The Morgan fingerprint density at radius 1 is 0.926 bits per heavy atom. The Balaban J connectivity index is 2.16. The van der Waals surface area contributed by atoms with Gasteiger partial charge in [0.15, 0.2) is 0 Å². The second-order valence-electron chi connectivity index (χ2n) is 5.60. The molecule has 5 nitrogen and oxygen atoms in total. The maximum absolute atomic E-state index is 13.6. The van der Waals surface area contributed by atoms with Crippen LogP contribution in [0.1, 0.15) is 10.4 Å². The fourth-order valence-electron chi connectivity index (χ4n) is 2.51. The zero-order chi connectivity index (χ0) is 19.4. The van der Waals surface area contributed by atoms with Crippen LogP contribution in [0.4, 0.5) is 10.1 Å². The van der Waals surface area contributed by atoms with E-state index in [2.05, 4.69) is 0 Å². The van der Waals surface area contributed by atoms with Crippen molar-refractivity contribution in [1.29, 1.82) is 0 Å². The number of nitrogens with zero attached hydrogens (tertiary/aromatic N) is 1. The quantitative estimate of drug-likeness (QED) is 0.669. The van der Waals surface area contributed by atoms with Crippen molar-refractivity contribution in [1.82, 2.24) is 0 Å². The van der Waals surface area contributed by atoms with Gasteiger partial charge >= 0.3 is 0 Å². The number of rotatable bonds is 5. The summed E-state index contributed by atoms with van der Waals surface area (Å²) in [6.07, 6.45) is 0. The van der Waals surface area contributed by atoms with Gasteiger partial charge in [-0.1, -0.05) is 24.3 Å². The molecule has 0 saturated carbocycles. The number of benzene rings is 3. The average molecular weight is 385 g/mol. The molecule has 138 valence electrons. The van der Waals surface area contributed by atoms with Crippen LogP contribution in [0.25, 0.3) is 0 Å². The highest BCUT2D eigenvalue weighted by Crippen LogP contribution is 2.28. The Hall–Kier alpha value is -3.19. The highest BCUT2D eigenvalue weighted by molar-refractivity contribution is 7.93. The molecule has 0 radical (unpaired) electrons. The first-order valence-corrected chi connectivity index (χ1v) is 9.42. The molecule has 7 heteroatoms. The van der Waals surface area contributed by atoms with Gasteiger partial charge in [-0.3, -0.25) is 4.79 Å². The van der Waals surface area contributed by atoms with Gasteiger partial charge in [-0.2, -0.15) is 4.31 Å². The Morgan fingerprint density at radius 3 is 2.19 bits per heavy atom. The molecule has 0 fully saturated rings. The maximum Gasteiger partial charge on any atom is 0.272 e. The van der Waals surface area contributed by atoms with Gasteiger partial charge in [-0.05, 0) is 54.6 Å². The summed E-state index contributed by atoms with van der Waals surface area (Å²) in [5.41, 5.74) is 0.308. The average Bonchev–Trinajstić information content (AvgIpc) is 2.69. The van der Waals surface area contributed by atoms with Gasteiger partial charge in [0.05, 0.1) is 17.7 Å². The molecule has 0 aliphatic rings. The minimum absolute atomic E-state index is 0.119. The lowest BCUT2D eigenvalue weighted by atomic mass is 10.2. The molecule has 0 aromatic heterocycles. The summed E-state index contributed by atoms with van der Waals surface area (Å²) < 4.78 is 45.7. The highest BCUT2D eigenvalue weighted by atomic mass is 32.2. The summed E-state index contributed by atoms with van der Waals surface area (Å²) in [5.74, 6) is -0.947. The van der Waals surface area contributed by atoms with E-state index in [1.807, 2.05) is 0 Å². The molecule has 0 aliphatic carbocycles. The molecule has 0 bridgehead atoms. The third-order valence-electron chi connectivity index (χ3n) is 3.85. The van der Waals surface area contributed by atoms with Crippen molar-refractivity contribution in [2.75, 3.05) is 11.4 Å². The van der Waals surface area contributed by atoms with Gasteiger partial charge in [-0.25, -0.2) is 12.8 Å². The Labute approximate surface area is 156 Å². The number of methoxy groups -OCH3 is 1. The van der Waals surface area contributed by atoms with E-state index in [-0.39, 0.29) is 16.1 Å². The number of carbonyl (C=O) groups is 1. The van der Waals surface area contributed by atoms with Gasteiger partial charge < -0.3 is 4.74 Å². The SMILES string of the molecule is COc1ccc(N(C(=O)c2ccccc2)S(=O)(=O)c2cccc(F)c2)cc1.